The van der Waals surface area contributed by atoms with Gasteiger partial charge in [0.25, 0.3) is 5.91 Å². The minimum atomic E-state index is -0.0196. The molecule has 2 aromatic rings. The van der Waals surface area contributed by atoms with Crippen LogP contribution in [0.2, 0.25) is 0 Å². The Hall–Kier alpha value is -1.99. The van der Waals surface area contributed by atoms with Crippen molar-refractivity contribution < 1.29 is 9.53 Å². The highest BCUT2D eigenvalue weighted by molar-refractivity contribution is 5.94. The highest BCUT2D eigenvalue weighted by atomic mass is 16.5. The van der Waals surface area contributed by atoms with E-state index < -0.39 is 0 Å². The minimum Gasteiger partial charge on any atom is -0.383 e. The van der Waals surface area contributed by atoms with Crippen molar-refractivity contribution in [3.05, 3.63) is 29.7 Å². The molecule has 136 valence electrons. The number of hydrogen-bond acceptors (Lipinski definition) is 5. The van der Waals surface area contributed by atoms with Crippen LogP contribution in [0.15, 0.2) is 18.3 Å². The van der Waals surface area contributed by atoms with Gasteiger partial charge in [0.1, 0.15) is 5.82 Å². The summed E-state index contributed by atoms with van der Waals surface area (Å²) < 4.78 is 7.03. The number of ether oxygens (including phenoxy) is 1. The SMILES string of the molecule is COCCN(C)C(=O)c1ccc2nnc([C@H]3CCN(C(C)C)C3)n2c1. The van der Waals surface area contributed by atoms with Crippen molar-refractivity contribution in [3.63, 3.8) is 0 Å². The summed E-state index contributed by atoms with van der Waals surface area (Å²) in [4.78, 5) is 16.7. The van der Waals surface area contributed by atoms with Crippen LogP contribution in [0.1, 0.15) is 42.4 Å². The van der Waals surface area contributed by atoms with Crippen LogP contribution in [0.3, 0.4) is 0 Å². The van der Waals surface area contributed by atoms with Crippen molar-refractivity contribution >= 4 is 11.6 Å². The van der Waals surface area contributed by atoms with Crippen LogP contribution in [0.25, 0.3) is 5.65 Å². The molecule has 1 fully saturated rings. The van der Waals surface area contributed by atoms with Crippen LogP contribution in [0.5, 0.6) is 0 Å². The van der Waals surface area contributed by atoms with Crippen molar-refractivity contribution in [2.45, 2.75) is 32.2 Å². The van der Waals surface area contributed by atoms with E-state index in [0.717, 1.165) is 31.0 Å². The molecule has 2 aromatic heterocycles. The van der Waals surface area contributed by atoms with Gasteiger partial charge in [0, 0.05) is 45.4 Å². The van der Waals surface area contributed by atoms with E-state index in [0.29, 0.717) is 30.7 Å². The molecule has 1 saturated heterocycles. The number of methoxy groups -OCH3 is 1. The fourth-order valence-corrected chi connectivity index (χ4v) is 3.33. The van der Waals surface area contributed by atoms with E-state index in [-0.39, 0.29) is 5.91 Å². The molecule has 0 aromatic carbocycles. The third-order valence-electron chi connectivity index (χ3n) is 4.97. The maximum atomic E-state index is 12.6. The van der Waals surface area contributed by atoms with Gasteiger partial charge in [-0.2, -0.15) is 0 Å². The minimum absolute atomic E-state index is 0.0196. The fourth-order valence-electron chi connectivity index (χ4n) is 3.33. The number of fused-ring (bicyclic) bond motifs is 1. The summed E-state index contributed by atoms with van der Waals surface area (Å²) in [6.45, 7) is 7.59. The lowest BCUT2D eigenvalue weighted by Crippen LogP contribution is -2.30. The second-order valence-electron chi connectivity index (χ2n) is 7.00. The molecule has 0 spiro atoms. The first-order valence-corrected chi connectivity index (χ1v) is 8.84. The number of nitrogens with zero attached hydrogens (tertiary/aromatic N) is 5. The van der Waals surface area contributed by atoms with Crippen molar-refractivity contribution in [2.75, 3.05) is 40.4 Å². The maximum absolute atomic E-state index is 12.6. The third kappa shape index (κ3) is 3.67. The number of amides is 1. The summed E-state index contributed by atoms with van der Waals surface area (Å²) >= 11 is 0. The average Bonchev–Trinajstić information content (AvgIpc) is 3.24. The molecule has 1 atom stereocenters. The topological polar surface area (TPSA) is 63.0 Å². The Bertz CT molecular complexity index is 742. The summed E-state index contributed by atoms with van der Waals surface area (Å²) in [7, 11) is 3.42. The van der Waals surface area contributed by atoms with Gasteiger partial charge in [-0.15, -0.1) is 10.2 Å². The van der Waals surface area contributed by atoms with E-state index in [1.807, 2.05) is 22.7 Å². The smallest absolute Gasteiger partial charge is 0.255 e. The molecule has 0 radical (unpaired) electrons. The summed E-state index contributed by atoms with van der Waals surface area (Å²) in [6, 6.07) is 4.22. The first-order chi connectivity index (χ1) is 12.0. The van der Waals surface area contributed by atoms with Crippen LogP contribution in [0.4, 0.5) is 0 Å². The molecule has 7 nitrogen and oxygen atoms in total. The molecule has 0 N–H and O–H groups in total. The molecular weight excluding hydrogens is 318 g/mol. The van der Waals surface area contributed by atoms with Crippen LogP contribution in [0, 0.1) is 0 Å². The zero-order valence-corrected chi connectivity index (χ0v) is 15.5. The number of rotatable bonds is 6. The number of pyridine rings is 1. The van der Waals surface area contributed by atoms with Gasteiger partial charge in [0.05, 0.1) is 12.2 Å². The Kier molecular flexibility index (Phi) is 5.34. The monoisotopic (exact) mass is 345 g/mol. The molecule has 1 amide bonds. The molecule has 1 aliphatic rings. The lowest BCUT2D eigenvalue weighted by molar-refractivity contribution is 0.0743. The molecule has 0 aliphatic carbocycles. The Balaban J connectivity index is 1.84. The van der Waals surface area contributed by atoms with Gasteiger partial charge in [-0.05, 0) is 38.9 Å². The quantitative estimate of drug-likeness (QED) is 0.796. The molecular formula is C18H27N5O2. The first kappa shape index (κ1) is 17.8. The van der Waals surface area contributed by atoms with Crippen LogP contribution < -0.4 is 0 Å². The van der Waals surface area contributed by atoms with E-state index in [2.05, 4.69) is 28.9 Å². The number of likely N-dealkylation sites (N-methyl/N-ethyl adjacent to an activating group) is 1. The predicted octanol–water partition coefficient (Wildman–Crippen LogP) is 1.65. The second-order valence-corrected chi connectivity index (χ2v) is 7.00. The van der Waals surface area contributed by atoms with Crippen molar-refractivity contribution in [3.8, 4) is 0 Å². The molecule has 7 heteroatoms. The average molecular weight is 345 g/mol. The fraction of sp³-hybridized carbons (Fsp3) is 0.611. The van der Waals surface area contributed by atoms with Gasteiger partial charge in [0.15, 0.2) is 5.65 Å². The normalized spacial score (nSPS) is 18.4. The zero-order valence-electron chi connectivity index (χ0n) is 15.5. The number of carbonyl (C=O) groups is 1. The van der Waals surface area contributed by atoms with E-state index in [1.165, 1.54) is 0 Å². The van der Waals surface area contributed by atoms with Gasteiger partial charge < -0.3 is 14.5 Å². The zero-order chi connectivity index (χ0) is 18.0. The van der Waals surface area contributed by atoms with Crippen molar-refractivity contribution in [1.82, 2.24) is 24.4 Å². The Labute approximate surface area is 148 Å². The Morgan fingerprint density at radius 2 is 2.20 bits per heavy atom. The van der Waals surface area contributed by atoms with E-state index in [4.69, 9.17) is 4.74 Å². The predicted molar refractivity (Wildman–Crippen MR) is 95.9 cm³/mol. The Morgan fingerprint density at radius 1 is 1.40 bits per heavy atom. The largest absolute Gasteiger partial charge is 0.383 e. The van der Waals surface area contributed by atoms with Gasteiger partial charge >= 0.3 is 0 Å². The van der Waals surface area contributed by atoms with E-state index in [9.17, 15) is 4.79 Å². The molecule has 0 saturated carbocycles. The highest BCUT2D eigenvalue weighted by Gasteiger charge is 2.29. The first-order valence-electron chi connectivity index (χ1n) is 8.84. The third-order valence-corrected chi connectivity index (χ3v) is 4.97. The molecule has 25 heavy (non-hydrogen) atoms. The standard InChI is InChI=1S/C18H27N5O2/c1-13(2)22-8-7-14(11-22)17-20-19-16-6-5-15(12-23(16)17)18(24)21(3)9-10-25-4/h5-6,12-14H,7-11H2,1-4H3/t14-/m0/s1. The van der Waals surface area contributed by atoms with Gasteiger partial charge in [-0.25, -0.2) is 0 Å². The summed E-state index contributed by atoms with van der Waals surface area (Å²) in [5.74, 6) is 1.29. The number of carbonyl (C=O) groups excluding carboxylic acids is 1. The van der Waals surface area contributed by atoms with E-state index >= 15 is 0 Å². The Morgan fingerprint density at radius 3 is 2.88 bits per heavy atom. The van der Waals surface area contributed by atoms with E-state index in [1.54, 1.807) is 19.1 Å². The summed E-state index contributed by atoms with van der Waals surface area (Å²) in [5.41, 5.74) is 1.43. The second kappa shape index (κ2) is 7.49. The number of likely N-dealkylation sites (tertiary alicyclic amines) is 1. The molecule has 0 unspecified atom stereocenters. The summed E-state index contributed by atoms with van der Waals surface area (Å²) in [5, 5.41) is 8.68. The van der Waals surface area contributed by atoms with Gasteiger partial charge in [0.2, 0.25) is 0 Å². The maximum Gasteiger partial charge on any atom is 0.255 e. The van der Waals surface area contributed by atoms with Crippen molar-refractivity contribution in [2.24, 2.45) is 0 Å². The summed E-state index contributed by atoms with van der Waals surface area (Å²) in [6.07, 6.45) is 2.94. The molecule has 3 rings (SSSR count). The van der Waals surface area contributed by atoms with Crippen LogP contribution in [-0.4, -0.2) is 76.7 Å². The number of hydrogen-bond donors (Lipinski definition) is 0. The lowest BCUT2D eigenvalue weighted by Gasteiger charge is -2.20. The molecule has 3 heterocycles. The van der Waals surface area contributed by atoms with Gasteiger partial charge in [-0.3, -0.25) is 9.20 Å². The lowest BCUT2D eigenvalue weighted by atomic mass is 10.1. The number of aromatic nitrogens is 3. The van der Waals surface area contributed by atoms with Crippen LogP contribution >= 0.6 is 0 Å². The van der Waals surface area contributed by atoms with Crippen LogP contribution in [-0.2, 0) is 4.74 Å². The van der Waals surface area contributed by atoms with Gasteiger partial charge in [-0.1, -0.05) is 0 Å². The van der Waals surface area contributed by atoms with Crippen molar-refractivity contribution in [1.29, 1.82) is 0 Å². The molecule has 0 bridgehead atoms. The molecule has 1 aliphatic heterocycles. The highest BCUT2D eigenvalue weighted by Crippen LogP contribution is 2.27.